The summed E-state index contributed by atoms with van der Waals surface area (Å²) in [6.45, 7) is 4.58. The highest BCUT2D eigenvalue weighted by molar-refractivity contribution is 5.94. The summed E-state index contributed by atoms with van der Waals surface area (Å²) in [6, 6.07) is 8.90. The van der Waals surface area contributed by atoms with Gasteiger partial charge in [0.1, 0.15) is 11.5 Å². The fraction of sp³-hybridized carbons (Fsp3) is 0.200. The van der Waals surface area contributed by atoms with Crippen molar-refractivity contribution in [1.29, 1.82) is 0 Å². The molecular weight excluding hydrogens is 244 g/mol. The number of carbonyl (C=O) groups is 2. The first-order chi connectivity index (χ1) is 8.99. The number of fused-ring (bicyclic) bond motifs is 1. The fourth-order valence-corrected chi connectivity index (χ4v) is 1.97. The van der Waals surface area contributed by atoms with Crippen molar-refractivity contribution in [1.82, 2.24) is 0 Å². The molecule has 0 aliphatic rings. The van der Waals surface area contributed by atoms with Crippen molar-refractivity contribution in [3.8, 4) is 11.5 Å². The van der Waals surface area contributed by atoms with Crippen LogP contribution in [0.1, 0.15) is 19.4 Å². The molecule has 98 valence electrons. The smallest absolute Gasteiger partial charge is 0.308 e. The Kier molecular flexibility index (Phi) is 3.51. The largest absolute Gasteiger partial charge is 0.426 e. The molecule has 0 unspecified atom stereocenters. The van der Waals surface area contributed by atoms with Gasteiger partial charge in [0.05, 0.1) is 0 Å². The van der Waals surface area contributed by atoms with Gasteiger partial charge in [0.15, 0.2) is 0 Å². The number of rotatable bonds is 2. The van der Waals surface area contributed by atoms with Gasteiger partial charge in [-0.05, 0) is 36.1 Å². The molecule has 0 aliphatic carbocycles. The number of aryl methyl sites for hydroxylation is 1. The van der Waals surface area contributed by atoms with E-state index in [1.807, 2.05) is 13.0 Å². The highest BCUT2D eigenvalue weighted by Crippen LogP contribution is 2.33. The average molecular weight is 258 g/mol. The van der Waals surface area contributed by atoms with E-state index in [1.54, 1.807) is 24.3 Å². The lowest BCUT2D eigenvalue weighted by atomic mass is 10.0. The Labute approximate surface area is 110 Å². The van der Waals surface area contributed by atoms with E-state index in [0.717, 1.165) is 16.3 Å². The first-order valence-electron chi connectivity index (χ1n) is 5.88. The molecule has 0 N–H and O–H groups in total. The van der Waals surface area contributed by atoms with Crippen LogP contribution in [0.3, 0.4) is 0 Å². The summed E-state index contributed by atoms with van der Waals surface area (Å²) < 4.78 is 10.3. The predicted octanol–water partition coefficient (Wildman–Crippen LogP) is 3.00. The van der Waals surface area contributed by atoms with Crippen LogP contribution < -0.4 is 9.47 Å². The van der Waals surface area contributed by atoms with Crippen molar-refractivity contribution in [3.63, 3.8) is 0 Å². The van der Waals surface area contributed by atoms with Gasteiger partial charge in [-0.1, -0.05) is 12.1 Å². The summed E-state index contributed by atoms with van der Waals surface area (Å²) in [6.07, 6.45) is 0. The zero-order chi connectivity index (χ0) is 14.0. The predicted molar refractivity (Wildman–Crippen MR) is 71.3 cm³/mol. The maximum atomic E-state index is 11.1. The number of benzene rings is 2. The molecule has 0 saturated carbocycles. The van der Waals surface area contributed by atoms with Crippen LogP contribution in [-0.4, -0.2) is 11.9 Å². The van der Waals surface area contributed by atoms with Crippen LogP contribution in [0.5, 0.6) is 11.5 Å². The van der Waals surface area contributed by atoms with Gasteiger partial charge in [-0.3, -0.25) is 9.59 Å². The molecular formula is C15H14O4. The quantitative estimate of drug-likeness (QED) is 0.613. The Bertz CT molecular complexity index is 658. The van der Waals surface area contributed by atoms with Crippen LogP contribution >= 0.6 is 0 Å². The average Bonchev–Trinajstić information content (AvgIpc) is 2.32. The molecule has 0 heterocycles. The van der Waals surface area contributed by atoms with Crippen molar-refractivity contribution in [3.05, 3.63) is 35.9 Å². The van der Waals surface area contributed by atoms with E-state index >= 15 is 0 Å². The summed E-state index contributed by atoms with van der Waals surface area (Å²) in [4.78, 5) is 22.1. The van der Waals surface area contributed by atoms with Gasteiger partial charge < -0.3 is 9.47 Å². The lowest BCUT2D eigenvalue weighted by molar-refractivity contribution is -0.132. The van der Waals surface area contributed by atoms with Gasteiger partial charge in [-0.25, -0.2) is 0 Å². The van der Waals surface area contributed by atoms with Crippen molar-refractivity contribution in [2.45, 2.75) is 20.8 Å². The Morgan fingerprint density at radius 2 is 1.47 bits per heavy atom. The molecule has 0 aliphatic heterocycles. The monoisotopic (exact) mass is 258 g/mol. The molecule has 2 aromatic carbocycles. The third-order valence-electron chi connectivity index (χ3n) is 2.75. The van der Waals surface area contributed by atoms with Crippen LogP contribution in [-0.2, 0) is 9.59 Å². The Morgan fingerprint density at radius 1 is 0.842 bits per heavy atom. The van der Waals surface area contributed by atoms with Crippen LogP contribution in [0, 0.1) is 6.92 Å². The number of ether oxygens (including phenoxy) is 2. The lowest BCUT2D eigenvalue weighted by Crippen LogP contribution is -2.04. The molecule has 2 aromatic rings. The molecule has 2 rings (SSSR count). The van der Waals surface area contributed by atoms with E-state index < -0.39 is 0 Å². The van der Waals surface area contributed by atoms with Gasteiger partial charge in [-0.15, -0.1) is 0 Å². The normalized spacial score (nSPS) is 10.3. The van der Waals surface area contributed by atoms with Crippen molar-refractivity contribution >= 4 is 22.7 Å². The van der Waals surface area contributed by atoms with Gasteiger partial charge >= 0.3 is 11.9 Å². The molecule has 0 aromatic heterocycles. The molecule has 4 nitrogen and oxygen atoms in total. The Balaban J connectivity index is 2.58. The summed E-state index contributed by atoms with van der Waals surface area (Å²) in [7, 11) is 0. The SMILES string of the molecule is CC(=O)Oc1ccc2c(OC(C)=O)cccc2c1C. The molecule has 0 radical (unpaired) electrons. The molecule has 4 heteroatoms. The molecule has 0 fully saturated rings. The number of carbonyl (C=O) groups excluding carboxylic acids is 2. The molecule has 0 saturated heterocycles. The van der Waals surface area contributed by atoms with E-state index in [2.05, 4.69) is 0 Å². The maximum Gasteiger partial charge on any atom is 0.308 e. The summed E-state index contributed by atoms with van der Waals surface area (Å²) in [5, 5.41) is 1.70. The van der Waals surface area contributed by atoms with Gasteiger partial charge in [0.2, 0.25) is 0 Å². The van der Waals surface area contributed by atoms with Crippen LogP contribution in [0.2, 0.25) is 0 Å². The zero-order valence-electron chi connectivity index (χ0n) is 11.0. The minimum Gasteiger partial charge on any atom is -0.426 e. The third-order valence-corrected chi connectivity index (χ3v) is 2.75. The highest BCUT2D eigenvalue weighted by Gasteiger charge is 2.10. The van der Waals surface area contributed by atoms with Gasteiger partial charge in [0, 0.05) is 19.2 Å². The van der Waals surface area contributed by atoms with Crippen LogP contribution in [0.4, 0.5) is 0 Å². The van der Waals surface area contributed by atoms with Gasteiger partial charge in [0.25, 0.3) is 0 Å². The lowest BCUT2D eigenvalue weighted by Gasteiger charge is -2.11. The van der Waals surface area contributed by atoms with Crippen LogP contribution in [0.25, 0.3) is 10.8 Å². The number of hydrogen-bond acceptors (Lipinski definition) is 4. The second-order valence-corrected chi connectivity index (χ2v) is 4.23. The topological polar surface area (TPSA) is 52.6 Å². The maximum absolute atomic E-state index is 11.1. The summed E-state index contributed by atoms with van der Waals surface area (Å²) in [5.41, 5.74) is 0.835. The molecule has 0 amide bonds. The summed E-state index contributed by atoms with van der Waals surface area (Å²) in [5.74, 6) is 0.287. The first-order valence-corrected chi connectivity index (χ1v) is 5.88. The first kappa shape index (κ1) is 13.1. The Hall–Kier alpha value is -2.36. The van der Waals surface area contributed by atoms with E-state index in [9.17, 15) is 9.59 Å². The molecule has 0 bridgehead atoms. The molecule has 0 spiro atoms. The van der Waals surface area contributed by atoms with Crippen LogP contribution in [0.15, 0.2) is 30.3 Å². The minimum atomic E-state index is -0.366. The molecule has 19 heavy (non-hydrogen) atoms. The highest BCUT2D eigenvalue weighted by atomic mass is 16.5. The second-order valence-electron chi connectivity index (χ2n) is 4.23. The van der Waals surface area contributed by atoms with Crippen molar-refractivity contribution < 1.29 is 19.1 Å². The minimum absolute atomic E-state index is 0.362. The third kappa shape index (κ3) is 2.73. The number of esters is 2. The van der Waals surface area contributed by atoms with Crippen molar-refractivity contribution in [2.75, 3.05) is 0 Å². The Morgan fingerprint density at radius 3 is 2.11 bits per heavy atom. The van der Waals surface area contributed by atoms with E-state index in [4.69, 9.17) is 9.47 Å². The van der Waals surface area contributed by atoms with E-state index in [0.29, 0.717) is 11.5 Å². The second kappa shape index (κ2) is 5.10. The van der Waals surface area contributed by atoms with Crippen molar-refractivity contribution in [2.24, 2.45) is 0 Å². The standard InChI is InChI=1S/C15H14O4/c1-9-12-5-4-6-15(19-11(3)17)13(12)7-8-14(9)18-10(2)16/h4-8H,1-3H3. The summed E-state index contributed by atoms with van der Waals surface area (Å²) >= 11 is 0. The van der Waals surface area contributed by atoms with Gasteiger partial charge in [-0.2, -0.15) is 0 Å². The fourth-order valence-electron chi connectivity index (χ4n) is 1.97. The molecule has 0 atom stereocenters. The zero-order valence-corrected chi connectivity index (χ0v) is 11.0. The van der Waals surface area contributed by atoms with E-state index in [-0.39, 0.29) is 11.9 Å². The van der Waals surface area contributed by atoms with E-state index in [1.165, 1.54) is 13.8 Å². The number of hydrogen-bond donors (Lipinski definition) is 0.